The van der Waals surface area contributed by atoms with E-state index in [1.54, 1.807) is 30.3 Å². The molecule has 0 unspecified atom stereocenters. The Morgan fingerprint density at radius 1 is 1.22 bits per heavy atom. The van der Waals surface area contributed by atoms with E-state index in [0.29, 0.717) is 21.6 Å². The van der Waals surface area contributed by atoms with Crippen LogP contribution >= 0.6 is 23.2 Å². The highest BCUT2D eigenvalue weighted by Crippen LogP contribution is 2.30. The molecule has 2 aromatic carbocycles. The fourth-order valence-electron chi connectivity index (χ4n) is 2.27. The van der Waals surface area contributed by atoms with Crippen LogP contribution < -0.4 is 5.32 Å². The number of hydrogen-bond acceptors (Lipinski definition) is 4. The number of fused-ring (bicyclic) bond motifs is 1. The van der Waals surface area contributed by atoms with Gasteiger partial charge in [0.1, 0.15) is 0 Å². The van der Waals surface area contributed by atoms with Gasteiger partial charge in [-0.2, -0.15) is 0 Å². The van der Waals surface area contributed by atoms with Crippen LogP contribution in [-0.2, 0) is 11.8 Å². The van der Waals surface area contributed by atoms with Crippen LogP contribution in [0.25, 0.3) is 11.0 Å². The molecule has 0 atom stereocenters. The summed E-state index contributed by atoms with van der Waals surface area (Å²) in [7, 11) is 3.22. The number of methoxy groups -OCH3 is 1. The van der Waals surface area contributed by atoms with Crippen LogP contribution in [0.2, 0.25) is 10.0 Å². The molecule has 3 aromatic rings. The maximum absolute atomic E-state index is 11.6. The van der Waals surface area contributed by atoms with Crippen LogP contribution in [0, 0.1) is 0 Å². The van der Waals surface area contributed by atoms with Crippen molar-refractivity contribution in [2.24, 2.45) is 7.05 Å². The number of esters is 1. The number of halogens is 2. The fraction of sp³-hybridized carbons (Fsp3) is 0.125. The summed E-state index contributed by atoms with van der Waals surface area (Å²) in [6.07, 6.45) is 0. The molecule has 0 amide bonds. The molecule has 1 aromatic heterocycles. The molecule has 1 N–H and O–H groups in total. The van der Waals surface area contributed by atoms with Gasteiger partial charge in [0, 0.05) is 12.7 Å². The molecular formula is C16H13Cl2N3O2. The Hall–Kier alpha value is -2.24. The molecule has 0 saturated carbocycles. The molecule has 0 aliphatic heterocycles. The number of nitrogens with one attached hydrogen (secondary N) is 1. The third-order valence-corrected chi connectivity index (χ3v) is 4.18. The van der Waals surface area contributed by atoms with E-state index in [-0.39, 0.29) is 0 Å². The maximum Gasteiger partial charge on any atom is 0.337 e. The third-order valence-electron chi connectivity index (χ3n) is 3.46. The lowest BCUT2D eigenvalue weighted by Crippen LogP contribution is -2.03. The summed E-state index contributed by atoms with van der Waals surface area (Å²) in [5.41, 5.74) is 2.77. The van der Waals surface area contributed by atoms with Crippen molar-refractivity contribution in [3.63, 3.8) is 0 Å². The van der Waals surface area contributed by atoms with Crippen molar-refractivity contribution in [3.05, 3.63) is 52.0 Å². The van der Waals surface area contributed by atoms with E-state index in [2.05, 4.69) is 10.3 Å². The van der Waals surface area contributed by atoms with Gasteiger partial charge in [-0.05, 0) is 30.3 Å². The van der Waals surface area contributed by atoms with E-state index in [4.69, 9.17) is 27.9 Å². The van der Waals surface area contributed by atoms with Gasteiger partial charge in [0.15, 0.2) is 0 Å². The van der Waals surface area contributed by atoms with Crippen LogP contribution in [0.15, 0.2) is 36.4 Å². The molecule has 0 aliphatic rings. The van der Waals surface area contributed by atoms with Crippen molar-refractivity contribution >= 4 is 51.8 Å². The minimum absolute atomic E-state index is 0.391. The molecule has 23 heavy (non-hydrogen) atoms. The summed E-state index contributed by atoms with van der Waals surface area (Å²) >= 11 is 12.1. The minimum atomic E-state index is -0.391. The number of carbonyl (C=O) groups excluding carboxylic acids is 1. The SMILES string of the molecule is COC(=O)c1cccc(Nc2nc3cc(Cl)c(Cl)cc3n2C)c1. The van der Waals surface area contributed by atoms with Crippen molar-refractivity contribution in [3.8, 4) is 0 Å². The van der Waals surface area contributed by atoms with Gasteiger partial charge in [-0.15, -0.1) is 0 Å². The predicted molar refractivity (Wildman–Crippen MR) is 91.8 cm³/mol. The van der Waals surface area contributed by atoms with Gasteiger partial charge in [0.25, 0.3) is 0 Å². The molecule has 118 valence electrons. The Balaban J connectivity index is 1.99. The molecule has 5 nitrogen and oxygen atoms in total. The molecule has 7 heteroatoms. The van der Waals surface area contributed by atoms with E-state index < -0.39 is 5.97 Å². The number of benzene rings is 2. The molecule has 0 spiro atoms. The topological polar surface area (TPSA) is 56.1 Å². The predicted octanol–water partition coefficient (Wildman–Crippen LogP) is 4.41. The van der Waals surface area contributed by atoms with Crippen molar-refractivity contribution in [2.75, 3.05) is 12.4 Å². The molecule has 0 fully saturated rings. The van der Waals surface area contributed by atoms with Crippen molar-refractivity contribution in [1.82, 2.24) is 9.55 Å². The minimum Gasteiger partial charge on any atom is -0.465 e. The van der Waals surface area contributed by atoms with Crippen LogP contribution in [0.1, 0.15) is 10.4 Å². The average Bonchev–Trinajstić information content (AvgIpc) is 2.83. The van der Waals surface area contributed by atoms with Gasteiger partial charge in [-0.25, -0.2) is 9.78 Å². The number of aromatic nitrogens is 2. The quantitative estimate of drug-likeness (QED) is 0.711. The number of nitrogens with zero attached hydrogens (tertiary/aromatic N) is 2. The highest BCUT2D eigenvalue weighted by atomic mass is 35.5. The summed E-state index contributed by atoms with van der Waals surface area (Å²) in [4.78, 5) is 16.1. The van der Waals surface area contributed by atoms with Gasteiger partial charge >= 0.3 is 5.97 Å². The highest BCUT2D eigenvalue weighted by molar-refractivity contribution is 6.42. The van der Waals surface area contributed by atoms with Crippen LogP contribution in [0.4, 0.5) is 11.6 Å². The summed E-state index contributed by atoms with van der Waals surface area (Å²) in [6.45, 7) is 0. The Bertz CT molecular complexity index is 906. The second-order valence-electron chi connectivity index (χ2n) is 4.95. The van der Waals surface area contributed by atoms with Crippen LogP contribution in [0.3, 0.4) is 0 Å². The molecule has 0 radical (unpaired) electrons. The number of carbonyl (C=O) groups is 1. The van der Waals surface area contributed by atoms with E-state index in [1.807, 2.05) is 17.7 Å². The van der Waals surface area contributed by atoms with E-state index in [1.165, 1.54) is 7.11 Å². The number of ether oxygens (including phenoxy) is 1. The lowest BCUT2D eigenvalue weighted by Gasteiger charge is -2.07. The summed E-state index contributed by atoms with van der Waals surface area (Å²) < 4.78 is 6.59. The Morgan fingerprint density at radius 2 is 1.96 bits per heavy atom. The van der Waals surface area contributed by atoms with Crippen LogP contribution in [0.5, 0.6) is 0 Å². The molecule has 3 rings (SSSR count). The van der Waals surface area contributed by atoms with Crippen molar-refractivity contribution in [1.29, 1.82) is 0 Å². The number of rotatable bonds is 3. The first kappa shape index (κ1) is 15.6. The molecule has 0 bridgehead atoms. The summed E-state index contributed by atoms with van der Waals surface area (Å²) in [5.74, 6) is 0.220. The van der Waals surface area contributed by atoms with E-state index in [0.717, 1.165) is 16.7 Å². The van der Waals surface area contributed by atoms with E-state index >= 15 is 0 Å². The maximum atomic E-state index is 11.6. The largest absolute Gasteiger partial charge is 0.465 e. The number of imidazole rings is 1. The van der Waals surface area contributed by atoms with Gasteiger partial charge in [0.2, 0.25) is 5.95 Å². The first-order chi connectivity index (χ1) is 11.0. The lowest BCUT2D eigenvalue weighted by molar-refractivity contribution is 0.0601. The Kier molecular flexibility index (Phi) is 4.15. The smallest absolute Gasteiger partial charge is 0.337 e. The highest BCUT2D eigenvalue weighted by Gasteiger charge is 2.12. The van der Waals surface area contributed by atoms with Crippen LogP contribution in [-0.4, -0.2) is 22.6 Å². The first-order valence-corrected chi connectivity index (χ1v) is 7.52. The molecular weight excluding hydrogens is 337 g/mol. The zero-order chi connectivity index (χ0) is 16.6. The lowest BCUT2D eigenvalue weighted by atomic mass is 10.2. The molecule has 1 heterocycles. The Labute approximate surface area is 142 Å². The van der Waals surface area contributed by atoms with Gasteiger partial charge in [-0.3, -0.25) is 0 Å². The third kappa shape index (κ3) is 2.98. The van der Waals surface area contributed by atoms with Crippen molar-refractivity contribution < 1.29 is 9.53 Å². The second kappa shape index (κ2) is 6.10. The average molecular weight is 350 g/mol. The Morgan fingerprint density at radius 3 is 2.70 bits per heavy atom. The molecule has 0 saturated heterocycles. The fourth-order valence-corrected chi connectivity index (χ4v) is 2.59. The summed E-state index contributed by atoms with van der Waals surface area (Å²) in [6, 6.07) is 10.5. The van der Waals surface area contributed by atoms with Gasteiger partial charge in [0.05, 0.1) is 33.8 Å². The van der Waals surface area contributed by atoms with E-state index in [9.17, 15) is 4.79 Å². The number of hydrogen-bond donors (Lipinski definition) is 1. The normalized spacial score (nSPS) is 10.8. The number of aryl methyl sites for hydroxylation is 1. The zero-order valence-electron chi connectivity index (χ0n) is 12.4. The zero-order valence-corrected chi connectivity index (χ0v) is 13.9. The standard InChI is InChI=1S/C16H13Cl2N3O2/c1-21-14-8-12(18)11(17)7-13(14)20-16(21)19-10-5-3-4-9(6-10)15(22)23-2/h3-8H,1-2H3,(H,19,20). The van der Waals surface area contributed by atoms with Gasteiger partial charge in [-0.1, -0.05) is 29.3 Å². The first-order valence-electron chi connectivity index (χ1n) is 6.76. The molecule has 0 aliphatic carbocycles. The van der Waals surface area contributed by atoms with Gasteiger partial charge < -0.3 is 14.6 Å². The van der Waals surface area contributed by atoms with Crippen molar-refractivity contribution in [2.45, 2.75) is 0 Å². The summed E-state index contributed by atoms with van der Waals surface area (Å²) in [5, 5.41) is 4.11. The monoisotopic (exact) mass is 349 g/mol. The number of anilines is 2. The second-order valence-corrected chi connectivity index (χ2v) is 5.76.